The van der Waals surface area contributed by atoms with Gasteiger partial charge in [0.05, 0.1) is 12.7 Å². The molecule has 0 amide bonds. The Bertz CT molecular complexity index is 286. The molecule has 1 aromatic carbocycles. The fraction of sp³-hybridized carbons (Fsp3) is 0.462. The van der Waals surface area contributed by atoms with E-state index in [-0.39, 0.29) is 5.97 Å². The van der Waals surface area contributed by atoms with Crippen LogP contribution in [-0.2, 0) is 4.74 Å². The molecule has 0 saturated carbocycles. The third-order valence-corrected chi connectivity index (χ3v) is 2.00. The summed E-state index contributed by atoms with van der Waals surface area (Å²) >= 11 is 0. The van der Waals surface area contributed by atoms with E-state index in [0.29, 0.717) is 11.5 Å². The second-order valence-electron chi connectivity index (χ2n) is 3.27. The van der Waals surface area contributed by atoms with E-state index < -0.39 is 0 Å². The van der Waals surface area contributed by atoms with Crippen molar-refractivity contribution >= 4 is 5.97 Å². The lowest BCUT2D eigenvalue weighted by Gasteiger charge is -2.05. The van der Waals surface area contributed by atoms with E-state index in [9.17, 15) is 4.79 Å². The summed E-state index contributed by atoms with van der Waals surface area (Å²) in [5.41, 5.74) is 1.83. The van der Waals surface area contributed by atoms with Gasteiger partial charge >= 0.3 is 5.97 Å². The Balaban J connectivity index is 0.000000921. The SMILES string of the molecule is CC.COC(=O)c1ccc(C(C)C)cc1. The maximum Gasteiger partial charge on any atom is 0.337 e. The first kappa shape index (κ1) is 13.7. The first-order valence-electron chi connectivity index (χ1n) is 5.33. The van der Waals surface area contributed by atoms with Crippen molar-refractivity contribution in [1.29, 1.82) is 0 Å². The van der Waals surface area contributed by atoms with E-state index in [0.717, 1.165) is 0 Å². The average molecular weight is 208 g/mol. The number of hydrogen-bond acceptors (Lipinski definition) is 2. The predicted octanol–water partition coefficient (Wildman–Crippen LogP) is 3.62. The Labute approximate surface area is 92.3 Å². The summed E-state index contributed by atoms with van der Waals surface area (Å²) in [4.78, 5) is 11.1. The van der Waals surface area contributed by atoms with Crippen molar-refractivity contribution in [3.8, 4) is 0 Å². The maximum atomic E-state index is 11.1. The van der Waals surface area contributed by atoms with E-state index in [4.69, 9.17) is 0 Å². The Hall–Kier alpha value is -1.31. The van der Waals surface area contributed by atoms with Crippen LogP contribution in [0.2, 0.25) is 0 Å². The predicted molar refractivity (Wildman–Crippen MR) is 63.2 cm³/mol. The molecule has 15 heavy (non-hydrogen) atoms. The van der Waals surface area contributed by atoms with E-state index in [1.165, 1.54) is 12.7 Å². The molecular weight excluding hydrogens is 188 g/mol. The molecule has 84 valence electrons. The van der Waals surface area contributed by atoms with Gasteiger partial charge in [0.15, 0.2) is 0 Å². The molecule has 1 aromatic rings. The molecule has 0 saturated heterocycles. The van der Waals surface area contributed by atoms with Gasteiger partial charge < -0.3 is 4.74 Å². The van der Waals surface area contributed by atoms with E-state index in [2.05, 4.69) is 18.6 Å². The van der Waals surface area contributed by atoms with Gasteiger partial charge in [-0.15, -0.1) is 0 Å². The average Bonchev–Trinajstić information content (AvgIpc) is 2.31. The van der Waals surface area contributed by atoms with Crippen LogP contribution < -0.4 is 0 Å². The maximum absolute atomic E-state index is 11.1. The highest BCUT2D eigenvalue weighted by Gasteiger charge is 2.05. The molecule has 0 N–H and O–H groups in total. The highest BCUT2D eigenvalue weighted by Crippen LogP contribution is 2.14. The minimum Gasteiger partial charge on any atom is -0.465 e. The monoisotopic (exact) mass is 208 g/mol. The Morgan fingerprint density at radius 1 is 1.13 bits per heavy atom. The molecule has 0 aliphatic rings. The Morgan fingerprint density at radius 2 is 1.60 bits per heavy atom. The molecule has 2 nitrogen and oxygen atoms in total. The number of hydrogen-bond donors (Lipinski definition) is 0. The number of ether oxygens (including phenoxy) is 1. The molecule has 0 spiro atoms. The van der Waals surface area contributed by atoms with Crippen molar-refractivity contribution in [3.63, 3.8) is 0 Å². The number of benzene rings is 1. The van der Waals surface area contributed by atoms with Crippen LogP contribution in [0.3, 0.4) is 0 Å². The molecule has 0 aromatic heterocycles. The van der Waals surface area contributed by atoms with Gasteiger partial charge in [-0.25, -0.2) is 4.79 Å². The summed E-state index contributed by atoms with van der Waals surface area (Å²) in [5, 5.41) is 0. The number of esters is 1. The zero-order chi connectivity index (χ0) is 11.8. The molecule has 0 aliphatic heterocycles. The van der Waals surface area contributed by atoms with Crippen LogP contribution in [0.1, 0.15) is 49.5 Å². The van der Waals surface area contributed by atoms with Crippen LogP contribution in [0.5, 0.6) is 0 Å². The van der Waals surface area contributed by atoms with Crippen molar-refractivity contribution in [1.82, 2.24) is 0 Å². The fourth-order valence-corrected chi connectivity index (χ4v) is 1.12. The second-order valence-corrected chi connectivity index (χ2v) is 3.27. The molecule has 0 atom stereocenters. The Morgan fingerprint density at radius 3 is 1.93 bits per heavy atom. The third kappa shape index (κ3) is 4.15. The molecule has 0 radical (unpaired) electrons. The zero-order valence-electron chi connectivity index (χ0n) is 10.2. The molecule has 2 heteroatoms. The lowest BCUT2D eigenvalue weighted by Crippen LogP contribution is -2.01. The van der Waals surface area contributed by atoms with Crippen molar-refractivity contribution < 1.29 is 9.53 Å². The van der Waals surface area contributed by atoms with E-state index in [1.54, 1.807) is 12.1 Å². The lowest BCUT2D eigenvalue weighted by atomic mass is 10.0. The van der Waals surface area contributed by atoms with Gasteiger partial charge in [0, 0.05) is 0 Å². The summed E-state index contributed by atoms with van der Waals surface area (Å²) in [7, 11) is 1.39. The van der Waals surface area contributed by atoms with Gasteiger partial charge in [0.2, 0.25) is 0 Å². The third-order valence-electron chi connectivity index (χ3n) is 2.00. The van der Waals surface area contributed by atoms with Crippen LogP contribution in [-0.4, -0.2) is 13.1 Å². The van der Waals surface area contributed by atoms with Gasteiger partial charge in [0.25, 0.3) is 0 Å². The second kappa shape index (κ2) is 7.04. The quantitative estimate of drug-likeness (QED) is 0.694. The van der Waals surface area contributed by atoms with Gasteiger partial charge in [-0.1, -0.05) is 39.8 Å². The first-order chi connectivity index (χ1) is 7.15. The summed E-state index contributed by atoms with van der Waals surface area (Å²) in [5.74, 6) is 0.210. The van der Waals surface area contributed by atoms with Crippen LogP contribution >= 0.6 is 0 Å². The lowest BCUT2D eigenvalue weighted by molar-refractivity contribution is 0.0600. The molecule has 0 fully saturated rings. The summed E-state index contributed by atoms with van der Waals surface area (Å²) in [6, 6.07) is 7.50. The van der Waals surface area contributed by atoms with Crippen molar-refractivity contribution in [2.24, 2.45) is 0 Å². The highest BCUT2D eigenvalue weighted by atomic mass is 16.5. The molecule has 0 heterocycles. The van der Waals surface area contributed by atoms with Crippen LogP contribution in [0.15, 0.2) is 24.3 Å². The van der Waals surface area contributed by atoms with Gasteiger partial charge in [-0.3, -0.25) is 0 Å². The van der Waals surface area contributed by atoms with Gasteiger partial charge in [0.1, 0.15) is 0 Å². The molecule has 0 aliphatic carbocycles. The summed E-state index contributed by atoms with van der Waals surface area (Å²) in [6.07, 6.45) is 0. The van der Waals surface area contributed by atoms with Crippen LogP contribution in [0.25, 0.3) is 0 Å². The minimum absolute atomic E-state index is 0.282. The largest absolute Gasteiger partial charge is 0.465 e. The number of carbonyl (C=O) groups is 1. The number of carbonyl (C=O) groups excluding carboxylic acids is 1. The fourth-order valence-electron chi connectivity index (χ4n) is 1.12. The van der Waals surface area contributed by atoms with Gasteiger partial charge in [-0.2, -0.15) is 0 Å². The van der Waals surface area contributed by atoms with E-state index in [1.807, 2.05) is 26.0 Å². The first-order valence-corrected chi connectivity index (χ1v) is 5.33. The molecule has 0 unspecified atom stereocenters. The van der Waals surface area contributed by atoms with E-state index >= 15 is 0 Å². The standard InChI is InChI=1S/C11H14O2.C2H6/c1-8(2)9-4-6-10(7-5-9)11(12)13-3;1-2/h4-8H,1-3H3;1-2H3. The zero-order valence-corrected chi connectivity index (χ0v) is 10.2. The molecule has 1 rings (SSSR count). The highest BCUT2D eigenvalue weighted by molar-refractivity contribution is 5.89. The van der Waals surface area contributed by atoms with Crippen molar-refractivity contribution in [2.45, 2.75) is 33.6 Å². The summed E-state index contributed by atoms with van der Waals surface area (Å²) in [6.45, 7) is 8.24. The number of rotatable bonds is 2. The summed E-state index contributed by atoms with van der Waals surface area (Å²) < 4.78 is 4.60. The van der Waals surface area contributed by atoms with Crippen LogP contribution in [0, 0.1) is 0 Å². The smallest absolute Gasteiger partial charge is 0.337 e. The minimum atomic E-state index is -0.282. The topological polar surface area (TPSA) is 26.3 Å². The van der Waals surface area contributed by atoms with Crippen LogP contribution in [0.4, 0.5) is 0 Å². The van der Waals surface area contributed by atoms with Crippen molar-refractivity contribution in [2.75, 3.05) is 7.11 Å². The van der Waals surface area contributed by atoms with Crippen molar-refractivity contribution in [3.05, 3.63) is 35.4 Å². The normalized spacial score (nSPS) is 9.20. The molecular formula is C13H20O2. The van der Waals surface area contributed by atoms with Gasteiger partial charge in [-0.05, 0) is 23.6 Å². The Kier molecular flexibility index (Phi) is 6.43. The number of methoxy groups -OCH3 is 1. The molecule has 0 bridgehead atoms.